The van der Waals surface area contributed by atoms with Crippen molar-refractivity contribution in [3.8, 4) is 11.5 Å². The monoisotopic (exact) mass is 487 g/mol. The van der Waals surface area contributed by atoms with Crippen molar-refractivity contribution in [2.45, 2.75) is 23.9 Å². The molecular formula is C21H24F3N3O5S. The minimum absolute atomic E-state index is 0.0226. The van der Waals surface area contributed by atoms with Crippen LogP contribution in [0.1, 0.15) is 18.4 Å². The Balaban J connectivity index is 1.64. The number of fused-ring (bicyclic) bond motifs is 1. The van der Waals surface area contributed by atoms with E-state index in [4.69, 9.17) is 9.47 Å². The van der Waals surface area contributed by atoms with Gasteiger partial charge in [0, 0.05) is 39.5 Å². The Morgan fingerprint density at radius 3 is 2.42 bits per heavy atom. The highest BCUT2D eigenvalue weighted by Crippen LogP contribution is 2.35. The van der Waals surface area contributed by atoms with Gasteiger partial charge in [-0.3, -0.25) is 4.79 Å². The maximum absolute atomic E-state index is 13.0. The molecule has 0 fully saturated rings. The summed E-state index contributed by atoms with van der Waals surface area (Å²) >= 11 is 0. The fraction of sp³-hybridized carbons (Fsp3) is 0.381. The van der Waals surface area contributed by atoms with Crippen LogP contribution in [-0.4, -0.2) is 48.2 Å². The van der Waals surface area contributed by atoms with E-state index in [1.54, 1.807) is 19.0 Å². The van der Waals surface area contributed by atoms with Crippen molar-refractivity contribution in [1.29, 1.82) is 0 Å². The summed E-state index contributed by atoms with van der Waals surface area (Å²) < 4.78 is 77.5. The largest absolute Gasteiger partial charge is 0.490 e. The van der Waals surface area contributed by atoms with E-state index in [1.807, 2.05) is 0 Å². The van der Waals surface area contributed by atoms with Gasteiger partial charge in [0.15, 0.2) is 11.5 Å². The molecule has 1 aliphatic rings. The van der Waals surface area contributed by atoms with Crippen LogP contribution in [0.2, 0.25) is 0 Å². The molecule has 0 aromatic heterocycles. The average molecular weight is 488 g/mol. The van der Waals surface area contributed by atoms with E-state index in [1.165, 1.54) is 24.3 Å². The van der Waals surface area contributed by atoms with Gasteiger partial charge in [-0.1, -0.05) is 0 Å². The van der Waals surface area contributed by atoms with Gasteiger partial charge < -0.3 is 19.7 Å². The van der Waals surface area contributed by atoms with Gasteiger partial charge in [0.05, 0.1) is 35.0 Å². The van der Waals surface area contributed by atoms with Crippen molar-refractivity contribution in [2.24, 2.45) is 0 Å². The summed E-state index contributed by atoms with van der Waals surface area (Å²) in [4.78, 5) is 13.8. The third kappa shape index (κ3) is 6.29. The molecule has 0 bridgehead atoms. The predicted molar refractivity (Wildman–Crippen MR) is 116 cm³/mol. The number of anilines is 2. The van der Waals surface area contributed by atoms with Crippen LogP contribution in [0.4, 0.5) is 24.5 Å². The van der Waals surface area contributed by atoms with E-state index in [-0.39, 0.29) is 23.5 Å². The van der Waals surface area contributed by atoms with Crippen molar-refractivity contribution in [3.63, 3.8) is 0 Å². The number of nitrogens with zero attached hydrogens (tertiary/aromatic N) is 1. The maximum atomic E-state index is 13.0. The summed E-state index contributed by atoms with van der Waals surface area (Å²) in [5.74, 6) is 0.122. The predicted octanol–water partition coefficient (Wildman–Crippen LogP) is 3.24. The molecule has 0 aliphatic carbocycles. The molecule has 0 saturated heterocycles. The fourth-order valence-corrected chi connectivity index (χ4v) is 4.16. The molecule has 2 N–H and O–H groups in total. The Morgan fingerprint density at radius 1 is 1.06 bits per heavy atom. The lowest BCUT2D eigenvalue weighted by molar-refractivity contribution is -0.137. The molecule has 0 radical (unpaired) electrons. The Bertz CT molecular complexity index is 1120. The zero-order chi connectivity index (χ0) is 24.2. The van der Waals surface area contributed by atoms with Gasteiger partial charge in [0.1, 0.15) is 0 Å². The lowest BCUT2D eigenvalue weighted by Gasteiger charge is -2.20. The van der Waals surface area contributed by atoms with Crippen LogP contribution in [0.5, 0.6) is 11.5 Å². The van der Waals surface area contributed by atoms with Gasteiger partial charge in [-0.05, 0) is 30.3 Å². The number of nitrogens with one attached hydrogen (secondary N) is 2. The van der Waals surface area contributed by atoms with Crippen molar-refractivity contribution in [1.82, 2.24) is 4.72 Å². The number of ether oxygens (including phenoxy) is 2. The molecule has 0 atom stereocenters. The maximum Gasteiger partial charge on any atom is 0.416 e. The van der Waals surface area contributed by atoms with Gasteiger partial charge in [0.25, 0.3) is 0 Å². The lowest BCUT2D eigenvalue weighted by atomic mass is 10.1. The van der Waals surface area contributed by atoms with Crippen LogP contribution in [0.3, 0.4) is 0 Å². The first kappa shape index (κ1) is 24.6. The molecule has 1 heterocycles. The Kier molecular flexibility index (Phi) is 7.38. The fourth-order valence-electron chi connectivity index (χ4n) is 3.11. The number of carbonyl (C=O) groups excluding carboxylic acids is 1. The Morgan fingerprint density at radius 2 is 1.76 bits per heavy atom. The van der Waals surface area contributed by atoms with Crippen molar-refractivity contribution in [2.75, 3.05) is 44.1 Å². The van der Waals surface area contributed by atoms with E-state index in [9.17, 15) is 26.4 Å². The second-order valence-corrected chi connectivity index (χ2v) is 9.25. The third-order valence-electron chi connectivity index (χ3n) is 4.75. The van der Waals surface area contributed by atoms with Crippen LogP contribution in [0.25, 0.3) is 0 Å². The third-order valence-corrected chi connectivity index (χ3v) is 6.21. The minimum atomic E-state index is -4.57. The molecule has 8 nitrogen and oxygen atoms in total. The Labute approximate surface area is 189 Å². The lowest BCUT2D eigenvalue weighted by Crippen LogP contribution is -2.28. The van der Waals surface area contributed by atoms with E-state index in [0.29, 0.717) is 36.8 Å². The zero-order valence-corrected chi connectivity index (χ0v) is 18.8. The van der Waals surface area contributed by atoms with E-state index < -0.39 is 27.7 Å². The number of rotatable bonds is 7. The molecule has 2 aromatic carbocycles. The first-order chi connectivity index (χ1) is 15.5. The summed E-state index contributed by atoms with van der Waals surface area (Å²) in [6.45, 7) is 0.612. The van der Waals surface area contributed by atoms with Crippen LogP contribution >= 0.6 is 0 Å². The van der Waals surface area contributed by atoms with Crippen LogP contribution in [0.15, 0.2) is 41.3 Å². The molecule has 3 rings (SSSR count). The molecule has 1 amide bonds. The van der Waals surface area contributed by atoms with Crippen LogP contribution in [-0.2, 0) is 21.0 Å². The first-order valence-electron chi connectivity index (χ1n) is 10.0. The van der Waals surface area contributed by atoms with Gasteiger partial charge >= 0.3 is 6.18 Å². The number of halogens is 3. The number of hydrogen-bond donors (Lipinski definition) is 2. The number of amides is 1. The summed E-state index contributed by atoms with van der Waals surface area (Å²) in [5, 5.41) is 2.43. The highest BCUT2D eigenvalue weighted by Gasteiger charge is 2.31. The van der Waals surface area contributed by atoms with Crippen molar-refractivity contribution < 1.29 is 35.9 Å². The van der Waals surface area contributed by atoms with Crippen molar-refractivity contribution in [3.05, 3.63) is 42.0 Å². The SMILES string of the molecule is CN(C)c1ccc(C(F)(F)F)cc1NC(=O)CCNS(=O)(=O)c1ccc2c(c1)OCCCO2. The summed E-state index contributed by atoms with van der Waals surface area (Å²) in [6, 6.07) is 7.23. The quantitative estimate of drug-likeness (QED) is 0.623. The van der Waals surface area contributed by atoms with E-state index in [2.05, 4.69) is 10.0 Å². The highest BCUT2D eigenvalue weighted by molar-refractivity contribution is 7.89. The molecule has 33 heavy (non-hydrogen) atoms. The second kappa shape index (κ2) is 9.87. The van der Waals surface area contributed by atoms with Crippen LogP contribution < -0.4 is 24.4 Å². The van der Waals surface area contributed by atoms with Gasteiger partial charge in [-0.2, -0.15) is 13.2 Å². The summed E-state index contributed by atoms with van der Waals surface area (Å²) in [7, 11) is -0.691. The van der Waals surface area contributed by atoms with Crippen molar-refractivity contribution >= 4 is 27.3 Å². The first-order valence-corrected chi connectivity index (χ1v) is 11.5. The zero-order valence-electron chi connectivity index (χ0n) is 18.0. The average Bonchev–Trinajstić information content (AvgIpc) is 2.97. The standard InChI is InChI=1S/C21H24F3N3O5S/c1-27(2)17-6-4-14(21(22,23)24)12-16(17)26-20(28)8-9-25-33(29,30)15-5-7-18-19(13-15)32-11-3-10-31-18/h4-7,12-13,25H,3,8-11H2,1-2H3,(H,26,28). The molecule has 0 saturated carbocycles. The van der Waals surface area contributed by atoms with Gasteiger partial charge in [-0.15, -0.1) is 0 Å². The number of benzene rings is 2. The number of hydrogen-bond acceptors (Lipinski definition) is 6. The van der Waals surface area contributed by atoms with Crippen LogP contribution in [0, 0.1) is 0 Å². The molecule has 0 unspecified atom stereocenters. The molecule has 0 spiro atoms. The van der Waals surface area contributed by atoms with Gasteiger partial charge in [-0.25, -0.2) is 13.1 Å². The number of alkyl halides is 3. The molecule has 12 heteroatoms. The minimum Gasteiger partial charge on any atom is -0.490 e. The summed E-state index contributed by atoms with van der Waals surface area (Å²) in [6.07, 6.45) is -4.18. The second-order valence-electron chi connectivity index (χ2n) is 7.48. The molecular weight excluding hydrogens is 463 g/mol. The molecule has 1 aliphatic heterocycles. The number of carbonyl (C=O) groups is 1. The normalized spacial score (nSPS) is 13.8. The molecule has 180 valence electrons. The van der Waals surface area contributed by atoms with E-state index in [0.717, 1.165) is 12.1 Å². The highest BCUT2D eigenvalue weighted by atomic mass is 32.2. The Hall–Kier alpha value is -2.99. The smallest absolute Gasteiger partial charge is 0.416 e. The van der Waals surface area contributed by atoms with Gasteiger partial charge in [0.2, 0.25) is 15.9 Å². The topological polar surface area (TPSA) is 97.0 Å². The van der Waals surface area contributed by atoms with E-state index >= 15 is 0 Å². The molecule has 2 aromatic rings. The summed E-state index contributed by atoms with van der Waals surface area (Å²) in [5.41, 5.74) is -0.548. The number of sulfonamides is 1.